The number of nitrogens with zero attached hydrogens (tertiary/aromatic N) is 2. The summed E-state index contributed by atoms with van der Waals surface area (Å²) in [5, 5.41) is 4.30. The number of hydrogen-bond donors (Lipinski definition) is 1. The maximum absolute atomic E-state index is 12.4. The van der Waals surface area contributed by atoms with Crippen LogP contribution in [0.25, 0.3) is 0 Å². The monoisotopic (exact) mass is 337 g/mol. The molecule has 0 unspecified atom stereocenters. The van der Waals surface area contributed by atoms with Crippen LogP contribution in [-0.2, 0) is 34.3 Å². The number of sulfonamides is 1. The molecule has 8 heteroatoms. The Balaban J connectivity index is 1.67. The molecule has 23 heavy (non-hydrogen) atoms. The molecule has 1 aromatic carbocycles. The third kappa shape index (κ3) is 3.39. The molecule has 1 aromatic heterocycles. The lowest BCUT2D eigenvalue weighted by Crippen LogP contribution is -2.28. The Morgan fingerprint density at radius 2 is 2.22 bits per heavy atom. The largest absolute Gasteiger partial charge is 0.495 e. The number of ether oxygens (including phenoxy) is 2. The van der Waals surface area contributed by atoms with E-state index < -0.39 is 10.0 Å². The van der Waals surface area contributed by atoms with E-state index in [0.29, 0.717) is 25.5 Å². The van der Waals surface area contributed by atoms with Gasteiger partial charge in [-0.3, -0.25) is 4.68 Å². The van der Waals surface area contributed by atoms with Crippen LogP contribution in [0.15, 0.2) is 35.4 Å². The van der Waals surface area contributed by atoms with E-state index in [4.69, 9.17) is 9.47 Å². The number of rotatable bonds is 6. The first-order valence-corrected chi connectivity index (χ1v) is 8.84. The summed E-state index contributed by atoms with van der Waals surface area (Å²) in [6.45, 7) is 1.98. The highest BCUT2D eigenvalue weighted by molar-refractivity contribution is 7.89. The molecule has 124 valence electrons. The molecular formula is C15H19N3O4S. The Hall–Kier alpha value is -1.90. The van der Waals surface area contributed by atoms with Crippen molar-refractivity contribution >= 4 is 10.0 Å². The standard InChI is InChI=1S/C15H19N3O4S/c1-21-14-4-2-3-5-15(14)23(19,20)17-7-8-18-13-6-9-22-11-12(13)10-16-18/h2-5,10,17H,6-9,11H2,1H3. The molecule has 0 amide bonds. The summed E-state index contributed by atoms with van der Waals surface area (Å²) >= 11 is 0. The molecule has 7 nitrogen and oxygen atoms in total. The zero-order valence-corrected chi connectivity index (χ0v) is 13.7. The van der Waals surface area contributed by atoms with E-state index in [-0.39, 0.29) is 11.4 Å². The number of methoxy groups -OCH3 is 1. The fraction of sp³-hybridized carbons (Fsp3) is 0.400. The van der Waals surface area contributed by atoms with E-state index in [9.17, 15) is 8.42 Å². The van der Waals surface area contributed by atoms with Crippen molar-refractivity contribution in [2.75, 3.05) is 20.3 Å². The lowest BCUT2D eigenvalue weighted by molar-refractivity contribution is 0.109. The van der Waals surface area contributed by atoms with Crippen LogP contribution in [-0.4, -0.2) is 38.5 Å². The van der Waals surface area contributed by atoms with Crippen LogP contribution in [0, 0.1) is 0 Å². The van der Waals surface area contributed by atoms with Crippen LogP contribution in [0.1, 0.15) is 11.3 Å². The van der Waals surface area contributed by atoms with Crippen molar-refractivity contribution in [2.45, 2.75) is 24.5 Å². The molecule has 0 radical (unpaired) electrons. The Kier molecular flexibility index (Phi) is 4.65. The van der Waals surface area contributed by atoms with Crippen molar-refractivity contribution in [3.8, 4) is 5.75 Å². The van der Waals surface area contributed by atoms with Crippen molar-refractivity contribution in [1.29, 1.82) is 0 Å². The van der Waals surface area contributed by atoms with Gasteiger partial charge in [0.05, 0.1) is 33.1 Å². The summed E-state index contributed by atoms with van der Waals surface area (Å²) in [6.07, 6.45) is 2.58. The molecule has 0 bridgehead atoms. The number of fused-ring (bicyclic) bond motifs is 1. The van der Waals surface area contributed by atoms with Gasteiger partial charge in [0, 0.05) is 24.2 Å². The Morgan fingerprint density at radius 1 is 1.39 bits per heavy atom. The predicted octanol–water partition coefficient (Wildman–Crippen LogP) is 0.943. The second kappa shape index (κ2) is 6.69. The van der Waals surface area contributed by atoms with E-state index in [0.717, 1.165) is 17.7 Å². The van der Waals surface area contributed by atoms with E-state index in [1.165, 1.54) is 13.2 Å². The molecule has 0 spiro atoms. The zero-order valence-electron chi connectivity index (χ0n) is 12.9. The number of aromatic nitrogens is 2. The summed E-state index contributed by atoms with van der Waals surface area (Å²) in [7, 11) is -2.17. The van der Waals surface area contributed by atoms with Gasteiger partial charge >= 0.3 is 0 Å². The first kappa shape index (κ1) is 16.0. The molecule has 3 rings (SSSR count). The second-order valence-corrected chi connectivity index (χ2v) is 6.93. The maximum atomic E-state index is 12.4. The van der Waals surface area contributed by atoms with Crippen LogP contribution in [0.2, 0.25) is 0 Å². The van der Waals surface area contributed by atoms with Crippen LogP contribution < -0.4 is 9.46 Å². The van der Waals surface area contributed by atoms with Gasteiger partial charge in [-0.15, -0.1) is 0 Å². The Labute approximate surface area is 135 Å². The summed E-state index contributed by atoms with van der Waals surface area (Å²) in [5.41, 5.74) is 2.19. The van der Waals surface area contributed by atoms with E-state index in [1.807, 2.05) is 4.68 Å². The number of hydrogen-bond acceptors (Lipinski definition) is 5. The van der Waals surface area contributed by atoms with E-state index >= 15 is 0 Å². The van der Waals surface area contributed by atoms with Crippen LogP contribution >= 0.6 is 0 Å². The van der Waals surface area contributed by atoms with Crippen molar-refractivity contribution in [3.63, 3.8) is 0 Å². The van der Waals surface area contributed by atoms with Crippen molar-refractivity contribution in [3.05, 3.63) is 41.7 Å². The molecule has 0 aliphatic carbocycles. The van der Waals surface area contributed by atoms with E-state index in [2.05, 4.69) is 9.82 Å². The van der Waals surface area contributed by atoms with Crippen LogP contribution in [0.4, 0.5) is 0 Å². The molecule has 0 atom stereocenters. The Morgan fingerprint density at radius 3 is 3.04 bits per heavy atom. The third-order valence-corrected chi connectivity index (χ3v) is 5.25. The van der Waals surface area contributed by atoms with Gasteiger partial charge in [0.25, 0.3) is 0 Å². The first-order valence-electron chi connectivity index (χ1n) is 7.36. The molecule has 2 aromatic rings. The number of nitrogens with one attached hydrogen (secondary N) is 1. The van der Waals surface area contributed by atoms with Gasteiger partial charge in [-0.25, -0.2) is 13.1 Å². The molecule has 0 fully saturated rings. The molecule has 1 aliphatic rings. The van der Waals surface area contributed by atoms with Gasteiger partial charge in [0.2, 0.25) is 10.0 Å². The fourth-order valence-electron chi connectivity index (χ4n) is 2.61. The SMILES string of the molecule is COc1ccccc1S(=O)(=O)NCCn1ncc2c1CCOC2. The smallest absolute Gasteiger partial charge is 0.244 e. The topological polar surface area (TPSA) is 82.5 Å². The van der Waals surface area contributed by atoms with Gasteiger partial charge in [-0.2, -0.15) is 5.10 Å². The molecule has 1 aliphatic heterocycles. The summed E-state index contributed by atoms with van der Waals surface area (Å²) in [6, 6.07) is 6.55. The minimum atomic E-state index is -3.62. The van der Waals surface area contributed by atoms with Gasteiger partial charge in [-0.05, 0) is 12.1 Å². The molecule has 0 saturated heterocycles. The van der Waals surface area contributed by atoms with Crippen LogP contribution in [0.5, 0.6) is 5.75 Å². The minimum absolute atomic E-state index is 0.137. The van der Waals surface area contributed by atoms with Gasteiger partial charge in [-0.1, -0.05) is 12.1 Å². The molecule has 1 N–H and O–H groups in total. The first-order chi connectivity index (χ1) is 11.1. The highest BCUT2D eigenvalue weighted by Gasteiger charge is 2.19. The van der Waals surface area contributed by atoms with Gasteiger partial charge in [0.1, 0.15) is 10.6 Å². The predicted molar refractivity (Wildman–Crippen MR) is 83.8 cm³/mol. The minimum Gasteiger partial charge on any atom is -0.495 e. The highest BCUT2D eigenvalue weighted by atomic mass is 32.2. The van der Waals surface area contributed by atoms with Crippen LogP contribution in [0.3, 0.4) is 0 Å². The van der Waals surface area contributed by atoms with Crippen molar-refractivity contribution in [1.82, 2.24) is 14.5 Å². The molecule has 0 saturated carbocycles. The van der Waals surface area contributed by atoms with Gasteiger partial charge < -0.3 is 9.47 Å². The highest BCUT2D eigenvalue weighted by Crippen LogP contribution is 2.22. The van der Waals surface area contributed by atoms with Gasteiger partial charge in [0.15, 0.2) is 0 Å². The van der Waals surface area contributed by atoms with Crippen molar-refractivity contribution in [2.24, 2.45) is 0 Å². The normalized spacial score (nSPS) is 14.5. The van der Waals surface area contributed by atoms with E-state index in [1.54, 1.807) is 24.4 Å². The summed E-state index contributed by atoms with van der Waals surface area (Å²) in [4.78, 5) is 0.137. The average molecular weight is 337 g/mol. The fourth-order valence-corrected chi connectivity index (χ4v) is 3.80. The maximum Gasteiger partial charge on any atom is 0.244 e. The zero-order chi connectivity index (χ0) is 16.3. The quantitative estimate of drug-likeness (QED) is 0.848. The Bertz CT molecular complexity index is 786. The summed E-state index contributed by atoms with van der Waals surface area (Å²) in [5.74, 6) is 0.327. The second-order valence-electron chi connectivity index (χ2n) is 5.19. The molecular weight excluding hydrogens is 318 g/mol. The lowest BCUT2D eigenvalue weighted by Gasteiger charge is -2.15. The number of benzene rings is 1. The number of para-hydroxylation sites is 1. The molecule has 2 heterocycles. The average Bonchev–Trinajstić information content (AvgIpc) is 2.98. The van der Waals surface area contributed by atoms with Crippen molar-refractivity contribution < 1.29 is 17.9 Å². The summed E-state index contributed by atoms with van der Waals surface area (Å²) < 4.78 is 39.7. The lowest BCUT2D eigenvalue weighted by atomic mass is 10.2. The third-order valence-electron chi connectivity index (χ3n) is 3.75.